The Kier molecular flexibility index (Phi) is 16.2. The minimum Gasteiger partial charge on any atom is -0.464 e. The Balaban J connectivity index is 1.14. The second-order valence-corrected chi connectivity index (χ2v) is 21.4. The van der Waals surface area contributed by atoms with Crippen molar-refractivity contribution < 1.29 is 60.1 Å². The number of likely N-dealkylation sites (N-methyl/N-ethyl adjacent to an activating group) is 1. The van der Waals surface area contributed by atoms with Crippen molar-refractivity contribution in [2.45, 2.75) is 116 Å². The van der Waals surface area contributed by atoms with E-state index in [-0.39, 0.29) is 52.2 Å². The molecule has 3 fully saturated rings. The van der Waals surface area contributed by atoms with Gasteiger partial charge in [0.25, 0.3) is 12.3 Å². The van der Waals surface area contributed by atoms with Gasteiger partial charge in [-0.1, -0.05) is 33.8 Å². The first-order valence-electron chi connectivity index (χ1n) is 24.6. The summed E-state index contributed by atoms with van der Waals surface area (Å²) >= 11 is 1.22. The van der Waals surface area contributed by atoms with Gasteiger partial charge in [-0.15, -0.1) is 11.3 Å². The van der Waals surface area contributed by atoms with Crippen molar-refractivity contribution in [2.24, 2.45) is 11.3 Å². The third-order valence-corrected chi connectivity index (χ3v) is 14.9. The number of nitrogens with zero attached hydrogens (tertiary/aromatic N) is 7. The van der Waals surface area contributed by atoms with Crippen LogP contribution in [-0.2, 0) is 52.8 Å². The van der Waals surface area contributed by atoms with Gasteiger partial charge in [-0.2, -0.15) is 13.2 Å². The van der Waals surface area contributed by atoms with Gasteiger partial charge in [0, 0.05) is 85.3 Å². The number of morpholine rings is 1. The van der Waals surface area contributed by atoms with Crippen LogP contribution in [0.2, 0.25) is 0 Å². The molecule has 6 atom stereocenters. The molecule has 8 rings (SSSR count). The summed E-state index contributed by atoms with van der Waals surface area (Å²) in [6.45, 7) is 8.13. The van der Waals surface area contributed by atoms with Gasteiger partial charge in [-0.05, 0) is 68.0 Å². The first-order valence-corrected chi connectivity index (χ1v) is 25.5. The number of fused-ring (bicyclic) bond motifs is 7. The summed E-state index contributed by atoms with van der Waals surface area (Å²) < 4.78 is 88.7. The number of thiazole rings is 1. The molecule has 0 radical (unpaired) electrons. The van der Waals surface area contributed by atoms with Crippen LogP contribution in [0.4, 0.5) is 26.7 Å². The minimum atomic E-state index is -4.62. The largest absolute Gasteiger partial charge is 0.464 e. The van der Waals surface area contributed by atoms with Crippen LogP contribution in [0.3, 0.4) is 0 Å². The van der Waals surface area contributed by atoms with Crippen LogP contribution >= 0.6 is 11.3 Å². The van der Waals surface area contributed by atoms with Crippen molar-refractivity contribution in [1.82, 2.24) is 45.0 Å². The summed E-state index contributed by atoms with van der Waals surface area (Å²) in [5, 5.41) is 6.93. The van der Waals surface area contributed by atoms with Crippen LogP contribution in [0.15, 0.2) is 54.1 Å². The van der Waals surface area contributed by atoms with Crippen LogP contribution in [0.5, 0.6) is 0 Å². The Hall–Kier alpha value is -6.04. The first-order chi connectivity index (χ1) is 35.0. The Morgan fingerprint density at radius 1 is 1.11 bits per heavy atom. The SMILES string of the molecule is CO[C@@H](C)c1ncccc1-c1c2c3cc(ccc3n1CC(F)(F)F)-c1csc(n1)C[C@H](NC(=O)[C@H](C(C)C)N(C)C(=O)N1C[C@@H]3OCCN(C(=O)/C=C/C(F)F)[C@@H]3C1)C(=O)N1CCC[C@H](N1)C(=O)OCC(C)(C)C2. The average molecular weight is 1060 g/mol. The molecule has 0 saturated carbocycles. The number of ether oxygens (including phenoxy) is 3. The molecule has 0 spiro atoms. The zero-order valence-corrected chi connectivity index (χ0v) is 43.1. The van der Waals surface area contributed by atoms with E-state index in [0.29, 0.717) is 68.6 Å². The van der Waals surface area contributed by atoms with E-state index in [4.69, 9.17) is 19.2 Å². The van der Waals surface area contributed by atoms with Gasteiger partial charge in [0.05, 0.1) is 60.1 Å². The number of benzene rings is 1. The van der Waals surface area contributed by atoms with Gasteiger partial charge in [0.15, 0.2) is 0 Å². The molecule has 4 aromatic rings. The second-order valence-electron chi connectivity index (χ2n) is 20.4. The Bertz CT molecular complexity index is 2780. The van der Waals surface area contributed by atoms with E-state index in [9.17, 15) is 45.9 Å². The maximum absolute atomic E-state index is 14.7. The summed E-state index contributed by atoms with van der Waals surface area (Å²) in [5.74, 6) is -2.98. The van der Waals surface area contributed by atoms with Gasteiger partial charge in [0.1, 0.15) is 24.7 Å². The van der Waals surface area contributed by atoms with E-state index >= 15 is 0 Å². The number of esters is 1. The lowest BCUT2D eigenvalue weighted by Crippen LogP contribution is -2.62. The van der Waals surface area contributed by atoms with Gasteiger partial charge in [-0.3, -0.25) is 29.2 Å². The van der Waals surface area contributed by atoms with Crippen molar-refractivity contribution in [1.29, 1.82) is 0 Å². The summed E-state index contributed by atoms with van der Waals surface area (Å²) in [7, 11) is 2.96. The summed E-state index contributed by atoms with van der Waals surface area (Å²) in [6.07, 6.45) is -4.93. The number of urea groups is 1. The molecule has 3 aromatic heterocycles. The van der Waals surface area contributed by atoms with E-state index in [1.165, 1.54) is 49.8 Å². The van der Waals surface area contributed by atoms with Crippen LogP contribution in [0.1, 0.15) is 69.8 Å². The third-order valence-electron chi connectivity index (χ3n) is 14.0. The molecule has 4 aliphatic rings. The molecule has 7 heterocycles. The van der Waals surface area contributed by atoms with E-state index in [2.05, 4.69) is 15.7 Å². The van der Waals surface area contributed by atoms with Crippen LogP contribution in [0.25, 0.3) is 33.4 Å². The lowest BCUT2D eigenvalue weighted by atomic mass is 9.84. The monoisotopic (exact) mass is 1060 g/mol. The van der Waals surface area contributed by atoms with Crippen molar-refractivity contribution in [3.63, 3.8) is 0 Å². The number of carbonyl (C=O) groups excluding carboxylic acids is 5. The zero-order valence-electron chi connectivity index (χ0n) is 42.3. The number of pyridine rings is 1. The maximum atomic E-state index is 14.7. The number of cyclic esters (lactones) is 1. The highest BCUT2D eigenvalue weighted by Gasteiger charge is 2.46. The number of rotatable bonds is 10. The number of alkyl halides is 5. The summed E-state index contributed by atoms with van der Waals surface area (Å²) in [4.78, 5) is 84.0. The molecule has 17 nitrogen and oxygen atoms in total. The Morgan fingerprint density at radius 2 is 1.88 bits per heavy atom. The van der Waals surface area contributed by atoms with Crippen LogP contribution in [0, 0.1) is 11.3 Å². The highest BCUT2D eigenvalue weighted by molar-refractivity contribution is 7.10. The van der Waals surface area contributed by atoms with E-state index in [1.807, 2.05) is 13.8 Å². The van der Waals surface area contributed by atoms with E-state index < -0.39 is 96.6 Å². The fourth-order valence-corrected chi connectivity index (χ4v) is 11.3. The van der Waals surface area contributed by atoms with E-state index in [0.717, 1.165) is 6.08 Å². The number of amides is 5. The highest BCUT2D eigenvalue weighted by atomic mass is 32.1. The number of halogens is 5. The smallest absolute Gasteiger partial charge is 0.406 e. The fraction of sp³-hybridized carbons (Fsp3) is 0.549. The molecule has 23 heteroatoms. The number of hydrogen-bond donors (Lipinski definition) is 2. The molecule has 0 unspecified atom stereocenters. The minimum absolute atomic E-state index is 0.0254. The lowest BCUT2D eigenvalue weighted by molar-refractivity contribution is -0.155. The van der Waals surface area contributed by atoms with Crippen LogP contribution < -0.4 is 10.7 Å². The molecule has 74 heavy (non-hydrogen) atoms. The summed E-state index contributed by atoms with van der Waals surface area (Å²) in [6, 6.07) is 4.00. The number of likely N-dealkylation sites (tertiary alicyclic amines) is 1. The second kappa shape index (κ2) is 22.0. The molecule has 0 aliphatic carbocycles. The number of methoxy groups -OCH3 is 1. The Labute approximate surface area is 429 Å². The molecule has 4 aliphatic heterocycles. The normalized spacial score (nSPS) is 22.5. The van der Waals surface area contributed by atoms with Gasteiger partial charge in [-0.25, -0.2) is 24.0 Å². The first kappa shape index (κ1) is 54.2. The third kappa shape index (κ3) is 11.7. The van der Waals surface area contributed by atoms with Crippen molar-refractivity contribution in [3.8, 4) is 22.5 Å². The van der Waals surface area contributed by atoms with Crippen molar-refractivity contribution >= 4 is 52.0 Å². The van der Waals surface area contributed by atoms with Gasteiger partial charge < -0.3 is 38.8 Å². The molecular weight excluding hydrogens is 994 g/mol. The molecule has 400 valence electrons. The number of nitrogens with one attached hydrogen (secondary N) is 2. The topological polar surface area (TPSA) is 181 Å². The molecule has 1 aromatic carbocycles. The quantitative estimate of drug-likeness (QED) is 0.0999. The average Bonchev–Trinajstić information content (AvgIpc) is 4.09. The van der Waals surface area contributed by atoms with E-state index in [1.54, 1.807) is 62.7 Å². The maximum Gasteiger partial charge on any atom is 0.406 e. The van der Waals surface area contributed by atoms with Crippen molar-refractivity contribution in [3.05, 3.63) is 70.3 Å². The zero-order chi connectivity index (χ0) is 53.4. The molecule has 3 saturated heterocycles. The van der Waals surface area contributed by atoms with Crippen LogP contribution in [-0.4, -0.2) is 160 Å². The predicted octanol–water partition coefficient (Wildman–Crippen LogP) is 6.55. The number of hydrogen-bond acceptors (Lipinski definition) is 12. The standard InChI is InChI=1S/C51H62F5N9O8S/c1-28(2)44(61(6)49(70)62-23-38-39(24-62)72-19-18-63(38)42(66)15-14-40(52)53)46(67)59-35-21-41-58-36(25-74-41)30-12-13-37-32(20-30)33(22-50(4,5)27-73-48(69)34-11-9-17-65(60-34)47(35)68)45(64(37)26-51(54,55)56)31-10-8-16-57-43(31)29(3)71-7/h8,10,12-16,20,25,28-29,34-35,38-40,44,60H,9,11,17-19,21-24,26-27H2,1-7H3,(H,59,67)/b15-14+/t29-,34-,35-,38+,39-,44-/m0/s1. The lowest BCUT2D eigenvalue weighted by Gasteiger charge is -2.37. The summed E-state index contributed by atoms with van der Waals surface area (Å²) in [5.41, 5.74) is 5.33. The molecule has 5 amide bonds. The molecule has 6 bridgehead atoms. The Morgan fingerprint density at radius 3 is 2.59 bits per heavy atom. The van der Waals surface area contributed by atoms with Gasteiger partial charge in [0.2, 0.25) is 11.8 Å². The highest BCUT2D eigenvalue weighted by Crippen LogP contribution is 2.43. The van der Waals surface area contributed by atoms with Crippen molar-refractivity contribution in [2.75, 3.05) is 53.6 Å². The number of carbonyl (C=O) groups is 5. The number of aromatic nitrogens is 3. The number of allylic oxidation sites excluding steroid dienone is 1. The van der Waals surface area contributed by atoms with Gasteiger partial charge >= 0.3 is 18.2 Å². The number of hydrazine groups is 1. The molecular formula is C51H62F5N9O8S. The predicted molar refractivity (Wildman–Crippen MR) is 263 cm³/mol. The molecule has 2 N–H and O–H groups in total. The fourth-order valence-electron chi connectivity index (χ4n) is 10.5.